The monoisotopic (exact) mass is 229 g/mol. The van der Waals surface area contributed by atoms with Gasteiger partial charge in [-0.3, -0.25) is 0 Å². The largest absolute Gasteiger partial charge is 0.311 e. The van der Waals surface area contributed by atoms with Gasteiger partial charge in [0.15, 0.2) is 0 Å². The molecule has 1 N–H and O–H groups in total. The van der Waals surface area contributed by atoms with Crippen LogP contribution in [0, 0.1) is 0 Å². The maximum absolute atomic E-state index is 5.84. The SMILES string of the molecule is CC(=Cc1cc(Cl)cs1)CNC(C)C. The number of halogens is 1. The maximum atomic E-state index is 5.84. The minimum atomic E-state index is 0.533. The third-order valence-corrected chi connectivity index (χ3v) is 2.99. The predicted octanol–water partition coefficient (Wildman–Crippen LogP) is 3.80. The standard InChI is InChI=1S/C11H16ClNS/c1-8(2)13-6-9(3)4-11-5-10(12)7-14-11/h4-5,7-8,13H,6H2,1-3H3. The zero-order valence-electron chi connectivity index (χ0n) is 8.80. The second-order valence-electron chi connectivity index (χ2n) is 3.69. The van der Waals surface area contributed by atoms with E-state index in [0.717, 1.165) is 11.6 Å². The highest BCUT2D eigenvalue weighted by Crippen LogP contribution is 2.21. The first-order valence-electron chi connectivity index (χ1n) is 4.72. The quantitative estimate of drug-likeness (QED) is 0.828. The van der Waals surface area contributed by atoms with E-state index in [-0.39, 0.29) is 0 Å². The van der Waals surface area contributed by atoms with Crippen LogP contribution in [0.3, 0.4) is 0 Å². The molecule has 1 nitrogen and oxygen atoms in total. The van der Waals surface area contributed by atoms with Crippen LogP contribution in [0.5, 0.6) is 0 Å². The summed E-state index contributed by atoms with van der Waals surface area (Å²) >= 11 is 7.51. The third kappa shape index (κ3) is 4.27. The Balaban J connectivity index is 2.51. The van der Waals surface area contributed by atoms with Gasteiger partial charge in [-0.2, -0.15) is 0 Å². The first-order valence-corrected chi connectivity index (χ1v) is 5.98. The van der Waals surface area contributed by atoms with Gasteiger partial charge in [-0.25, -0.2) is 0 Å². The Labute approximate surface area is 94.8 Å². The minimum absolute atomic E-state index is 0.533. The summed E-state index contributed by atoms with van der Waals surface area (Å²) in [6.07, 6.45) is 2.17. The molecule has 1 aromatic heterocycles. The fourth-order valence-electron chi connectivity index (χ4n) is 1.06. The number of rotatable bonds is 4. The van der Waals surface area contributed by atoms with Crippen LogP contribution in [0.4, 0.5) is 0 Å². The van der Waals surface area contributed by atoms with Crippen LogP contribution in [0.2, 0.25) is 5.02 Å². The van der Waals surface area contributed by atoms with E-state index in [2.05, 4.69) is 32.2 Å². The molecule has 0 aromatic carbocycles. The Bertz CT molecular complexity index is 315. The number of hydrogen-bond acceptors (Lipinski definition) is 2. The second kappa shape index (κ2) is 5.54. The minimum Gasteiger partial charge on any atom is -0.311 e. The van der Waals surface area contributed by atoms with E-state index < -0.39 is 0 Å². The third-order valence-electron chi connectivity index (χ3n) is 1.77. The van der Waals surface area contributed by atoms with E-state index in [1.807, 2.05) is 11.4 Å². The van der Waals surface area contributed by atoms with Crippen LogP contribution in [0.25, 0.3) is 6.08 Å². The molecule has 0 unspecified atom stereocenters. The summed E-state index contributed by atoms with van der Waals surface area (Å²) in [7, 11) is 0. The average Bonchev–Trinajstić information content (AvgIpc) is 2.48. The molecule has 0 fully saturated rings. The summed E-state index contributed by atoms with van der Waals surface area (Å²) in [6.45, 7) is 7.36. The van der Waals surface area contributed by atoms with E-state index >= 15 is 0 Å². The Kier molecular flexibility index (Phi) is 4.66. The fourth-order valence-corrected chi connectivity index (χ4v) is 2.16. The summed E-state index contributed by atoms with van der Waals surface area (Å²) in [5.74, 6) is 0. The molecular formula is C11H16ClNS. The van der Waals surface area contributed by atoms with Crippen LogP contribution in [0.15, 0.2) is 17.0 Å². The summed E-state index contributed by atoms with van der Waals surface area (Å²) in [4.78, 5) is 1.22. The van der Waals surface area contributed by atoms with Gasteiger partial charge in [0.2, 0.25) is 0 Å². The molecule has 0 saturated heterocycles. The van der Waals surface area contributed by atoms with Gasteiger partial charge in [0.1, 0.15) is 0 Å². The molecule has 3 heteroatoms. The van der Waals surface area contributed by atoms with Crippen molar-refractivity contribution in [1.29, 1.82) is 0 Å². The molecule has 0 radical (unpaired) electrons. The zero-order chi connectivity index (χ0) is 10.6. The maximum Gasteiger partial charge on any atom is 0.0519 e. The van der Waals surface area contributed by atoms with E-state index in [4.69, 9.17) is 11.6 Å². The molecule has 0 atom stereocenters. The van der Waals surface area contributed by atoms with Crippen molar-refractivity contribution >= 4 is 29.0 Å². The van der Waals surface area contributed by atoms with Gasteiger partial charge in [-0.05, 0) is 19.1 Å². The molecular weight excluding hydrogens is 214 g/mol. The highest BCUT2D eigenvalue weighted by atomic mass is 35.5. The Morgan fingerprint density at radius 1 is 1.64 bits per heavy atom. The Morgan fingerprint density at radius 2 is 2.36 bits per heavy atom. The van der Waals surface area contributed by atoms with Crippen molar-refractivity contribution in [2.45, 2.75) is 26.8 Å². The van der Waals surface area contributed by atoms with E-state index in [1.165, 1.54) is 10.5 Å². The van der Waals surface area contributed by atoms with Crippen molar-refractivity contribution in [1.82, 2.24) is 5.32 Å². The summed E-state index contributed by atoms with van der Waals surface area (Å²) in [6, 6.07) is 2.52. The molecule has 1 rings (SSSR count). The van der Waals surface area contributed by atoms with Crippen LogP contribution in [-0.2, 0) is 0 Å². The molecule has 1 heterocycles. The predicted molar refractivity (Wildman–Crippen MR) is 66.1 cm³/mol. The molecule has 0 amide bonds. The van der Waals surface area contributed by atoms with Crippen molar-refractivity contribution in [3.8, 4) is 0 Å². The van der Waals surface area contributed by atoms with Crippen molar-refractivity contribution < 1.29 is 0 Å². The van der Waals surface area contributed by atoms with Crippen molar-refractivity contribution in [3.63, 3.8) is 0 Å². The average molecular weight is 230 g/mol. The van der Waals surface area contributed by atoms with Crippen LogP contribution in [0.1, 0.15) is 25.6 Å². The molecule has 1 aromatic rings. The van der Waals surface area contributed by atoms with Gasteiger partial charge in [-0.15, -0.1) is 11.3 Å². The molecule has 78 valence electrons. The van der Waals surface area contributed by atoms with Gasteiger partial charge in [0.25, 0.3) is 0 Å². The smallest absolute Gasteiger partial charge is 0.0519 e. The molecule has 0 bridgehead atoms. The van der Waals surface area contributed by atoms with E-state index in [0.29, 0.717) is 6.04 Å². The van der Waals surface area contributed by atoms with Gasteiger partial charge >= 0.3 is 0 Å². The van der Waals surface area contributed by atoms with Gasteiger partial charge in [-0.1, -0.05) is 31.0 Å². The fraction of sp³-hybridized carbons (Fsp3) is 0.455. The molecule has 14 heavy (non-hydrogen) atoms. The Hall–Kier alpha value is -0.310. The second-order valence-corrected chi connectivity index (χ2v) is 5.07. The number of thiophene rings is 1. The highest BCUT2D eigenvalue weighted by Gasteiger charge is 1.96. The molecule has 0 aliphatic rings. The van der Waals surface area contributed by atoms with Gasteiger partial charge < -0.3 is 5.32 Å². The van der Waals surface area contributed by atoms with Gasteiger partial charge in [0.05, 0.1) is 5.02 Å². The summed E-state index contributed by atoms with van der Waals surface area (Å²) < 4.78 is 0. The topological polar surface area (TPSA) is 12.0 Å². The highest BCUT2D eigenvalue weighted by molar-refractivity contribution is 7.11. The Morgan fingerprint density at radius 3 is 2.86 bits per heavy atom. The van der Waals surface area contributed by atoms with Crippen molar-refractivity contribution in [2.75, 3.05) is 6.54 Å². The molecule has 0 aliphatic heterocycles. The number of hydrogen-bond donors (Lipinski definition) is 1. The molecule has 0 spiro atoms. The first-order chi connectivity index (χ1) is 6.58. The van der Waals surface area contributed by atoms with Crippen molar-refractivity contribution in [3.05, 3.63) is 26.9 Å². The van der Waals surface area contributed by atoms with E-state index in [9.17, 15) is 0 Å². The van der Waals surface area contributed by atoms with Crippen LogP contribution < -0.4 is 5.32 Å². The van der Waals surface area contributed by atoms with E-state index in [1.54, 1.807) is 11.3 Å². The lowest BCUT2D eigenvalue weighted by Gasteiger charge is -2.07. The summed E-state index contributed by atoms with van der Waals surface area (Å²) in [5, 5.41) is 6.16. The molecule has 0 aliphatic carbocycles. The van der Waals surface area contributed by atoms with Crippen LogP contribution >= 0.6 is 22.9 Å². The van der Waals surface area contributed by atoms with Gasteiger partial charge in [0, 0.05) is 22.8 Å². The number of nitrogens with one attached hydrogen (secondary N) is 1. The van der Waals surface area contributed by atoms with Crippen LogP contribution in [-0.4, -0.2) is 12.6 Å². The lowest BCUT2D eigenvalue weighted by molar-refractivity contribution is 0.623. The normalized spacial score (nSPS) is 12.5. The van der Waals surface area contributed by atoms with Crippen molar-refractivity contribution in [2.24, 2.45) is 0 Å². The molecule has 0 saturated carbocycles. The zero-order valence-corrected chi connectivity index (χ0v) is 10.4. The summed E-state index contributed by atoms with van der Waals surface area (Å²) in [5.41, 5.74) is 1.33. The lowest BCUT2D eigenvalue weighted by Crippen LogP contribution is -2.24. The first kappa shape index (κ1) is 11.8. The lowest BCUT2D eigenvalue weighted by atomic mass is 10.2.